The third kappa shape index (κ3) is 1.85. The van der Waals surface area contributed by atoms with Crippen molar-refractivity contribution in [3.8, 4) is 0 Å². The molecule has 0 radical (unpaired) electrons. The van der Waals surface area contributed by atoms with Gasteiger partial charge in [0.05, 0.1) is 0 Å². The molecule has 0 saturated carbocycles. The minimum atomic E-state index is -3.39. The molecule has 12 heavy (non-hydrogen) atoms. The first-order chi connectivity index (χ1) is 5.55. The molecule has 1 rings (SSSR count). The maximum absolute atomic E-state index is 11.3. The topological polar surface area (TPSA) is 59.9 Å². The van der Waals surface area contributed by atoms with Gasteiger partial charge < -0.3 is 0 Å². The Kier molecular flexibility index (Phi) is 2.86. The minimum absolute atomic E-state index is 0.00154. The van der Waals surface area contributed by atoms with Gasteiger partial charge in [-0.3, -0.25) is 0 Å². The summed E-state index contributed by atoms with van der Waals surface area (Å²) < 4.78 is 22.7. The van der Waals surface area contributed by atoms with Gasteiger partial charge in [0.15, 0.2) is 5.03 Å². The zero-order valence-corrected chi connectivity index (χ0v) is 8.62. The van der Waals surface area contributed by atoms with Crippen LogP contribution in [0.4, 0.5) is 0 Å². The van der Waals surface area contributed by atoms with E-state index in [-0.39, 0.29) is 5.03 Å². The van der Waals surface area contributed by atoms with Gasteiger partial charge in [0.1, 0.15) is 6.33 Å². The van der Waals surface area contributed by atoms with E-state index in [1.165, 1.54) is 24.8 Å². The lowest BCUT2D eigenvalue weighted by molar-refractivity contribution is 0.606. The van der Waals surface area contributed by atoms with E-state index in [0.29, 0.717) is 0 Å². The molecule has 0 aliphatic rings. The molecule has 66 valence electrons. The fourth-order valence-electron chi connectivity index (χ4n) is 0.547. The molecule has 0 amide bonds. The highest BCUT2D eigenvalue weighted by Crippen LogP contribution is 2.08. The molecular weight excluding hydrogens is 216 g/mol. The van der Waals surface area contributed by atoms with Crippen molar-refractivity contribution in [1.29, 1.82) is 0 Å². The van der Waals surface area contributed by atoms with Gasteiger partial charge in [0, 0.05) is 12.5 Å². The number of nitrogens with zero attached hydrogens (tertiary/aromatic N) is 2. The summed E-state index contributed by atoms with van der Waals surface area (Å²) in [7, 11) is -4.50. The van der Waals surface area contributed by atoms with Crippen LogP contribution in [-0.4, -0.2) is 24.6 Å². The van der Waals surface area contributed by atoms with Gasteiger partial charge in [-0.2, -0.15) is 0 Å². The summed E-state index contributed by atoms with van der Waals surface area (Å²) in [6.45, 7) is 0. The summed E-state index contributed by atoms with van der Waals surface area (Å²) in [4.78, 5) is 7.22. The van der Waals surface area contributed by atoms with Crippen LogP contribution in [0.25, 0.3) is 0 Å². The van der Waals surface area contributed by atoms with Crippen molar-refractivity contribution in [3.63, 3.8) is 0 Å². The smallest absolute Gasteiger partial charge is 0.245 e. The maximum atomic E-state index is 11.3. The Hall–Kier alpha value is -0.400. The predicted molar refractivity (Wildman–Crippen MR) is 49.9 cm³/mol. The first-order valence-corrected chi connectivity index (χ1v) is 7.46. The molecule has 0 aliphatic heterocycles. The molecule has 7 heteroatoms. The summed E-state index contributed by atoms with van der Waals surface area (Å²) in [6.07, 6.45) is 4.03. The molecule has 0 fully saturated rings. The number of aromatic nitrogens is 2. The lowest BCUT2D eigenvalue weighted by Gasteiger charge is -1.98. The van der Waals surface area contributed by atoms with Crippen molar-refractivity contribution in [1.82, 2.24) is 9.97 Å². The van der Waals surface area contributed by atoms with Crippen molar-refractivity contribution < 1.29 is 8.42 Å². The van der Waals surface area contributed by atoms with Crippen LogP contribution in [0.1, 0.15) is 0 Å². The van der Waals surface area contributed by atoms with Crippen molar-refractivity contribution in [2.24, 2.45) is 0 Å². The Morgan fingerprint density at radius 3 is 2.67 bits per heavy atom. The Morgan fingerprint density at radius 1 is 1.58 bits per heavy atom. The van der Waals surface area contributed by atoms with E-state index in [2.05, 4.69) is 21.2 Å². The highest BCUT2D eigenvalue weighted by molar-refractivity contribution is 8.78. The van der Waals surface area contributed by atoms with E-state index in [9.17, 15) is 8.42 Å². The average Bonchev–Trinajstić information content (AvgIpc) is 2.06. The summed E-state index contributed by atoms with van der Waals surface area (Å²) in [5.41, 5.74) is 0. The zero-order valence-electron chi connectivity index (χ0n) is 6.17. The minimum Gasteiger partial charge on any atom is -0.245 e. The van der Waals surface area contributed by atoms with Crippen molar-refractivity contribution in [3.05, 3.63) is 18.6 Å². The van der Waals surface area contributed by atoms with E-state index in [0.717, 1.165) is 0 Å². The first-order valence-electron chi connectivity index (χ1n) is 2.90. The molecule has 4 nitrogen and oxygen atoms in total. The maximum Gasteiger partial charge on any atom is 0.250 e. The normalized spacial score (nSPS) is 14.1. The van der Waals surface area contributed by atoms with Crippen LogP contribution in [0.15, 0.2) is 23.6 Å². The van der Waals surface area contributed by atoms with E-state index in [1.807, 2.05) is 0 Å². The molecule has 1 atom stereocenters. The van der Waals surface area contributed by atoms with E-state index < -0.39 is 17.4 Å². The Morgan fingerprint density at radius 2 is 2.25 bits per heavy atom. The highest BCUT2D eigenvalue weighted by Gasteiger charge is 2.16. The average molecular weight is 222 g/mol. The predicted octanol–water partition coefficient (Wildman–Crippen LogP) is -0.125. The second-order valence-electron chi connectivity index (χ2n) is 1.90. The molecule has 0 N–H and O–H groups in total. The standard InChI is InChI=1S/C5H6N2O2S3/c1-11(10)12(8,9)5-2-3-6-4-7-5/h2-4H,1H3. The van der Waals surface area contributed by atoms with Crippen LogP contribution in [0.3, 0.4) is 0 Å². The largest absolute Gasteiger partial charge is 0.250 e. The lowest BCUT2D eigenvalue weighted by atomic mass is 10.7. The Labute approximate surface area is 77.0 Å². The highest BCUT2D eigenvalue weighted by atomic mass is 33.4. The van der Waals surface area contributed by atoms with E-state index in [1.54, 1.807) is 0 Å². The molecule has 1 aromatic heterocycles. The second-order valence-corrected chi connectivity index (χ2v) is 8.98. The Bertz CT molecular complexity index is 386. The van der Waals surface area contributed by atoms with Crippen LogP contribution >= 0.6 is 0 Å². The van der Waals surface area contributed by atoms with Gasteiger partial charge in [-0.05, 0) is 25.7 Å². The van der Waals surface area contributed by atoms with Gasteiger partial charge >= 0.3 is 0 Å². The molecule has 0 spiro atoms. The summed E-state index contributed by atoms with van der Waals surface area (Å²) in [5, 5.41) is -0.00154. The zero-order chi connectivity index (χ0) is 9.19. The van der Waals surface area contributed by atoms with Crippen molar-refractivity contribution in [2.45, 2.75) is 5.03 Å². The molecule has 1 heterocycles. The number of hydrogen-bond donors (Lipinski definition) is 0. The number of rotatable bonds is 2. The van der Waals surface area contributed by atoms with E-state index >= 15 is 0 Å². The third-order valence-corrected chi connectivity index (χ3v) is 6.47. The van der Waals surface area contributed by atoms with Crippen LogP contribution in [0.5, 0.6) is 0 Å². The van der Waals surface area contributed by atoms with Crippen LogP contribution in [0, 0.1) is 0 Å². The second kappa shape index (κ2) is 3.55. The van der Waals surface area contributed by atoms with Gasteiger partial charge in [-0.25, -0.2) is 18.4 Å². The third-order valence-electron chi connectivity index (χ3n) is 1.12. The van der Waals surface area contributed by atoms with Crippen molar-refractivity contribution in [2.75, 3.05) is 6.26 Å². The fraction of sp³-hybridized carbons (Fsp3) is 0.200. The first kappa shape index (κ1) is 9.69. The van der Waals surface area contributed by atoms with Crippen LogP contribution in [0.2, 0.25) is 0 Å². The van der Waals surface area contributed by atoms with Crippen molar-refractivity contribution >= 4 is 28.5 Å². The summed E-state index contributed by atoms with van der Waals surface area (Å²) in [5.74, 6) is 0. The number of hydrogen-bond acceptors (Lipinski definition) is 5. The van der Waals surface area contributed by atoms with E-state index in [4.69, 9.17) is 0 Å². The van der Waals surface area contributed by atoms with Gasteiger partial charge in [0.2, 0.25) is 0 Å². The van der Waals surface area contributed by atoms with Crippen LogP contribution < -0.4 is 0 Å². The molecule has 0 aromatic carbocycles. The fourth-order valence-corrected chi connectivity index (χ4v) is 2.84. The molecule has 0 saturated heterocycles. The lowest BCUT2D eigenvalue weighted by Crippen LogP contribution is -2.07. The molecule has 0 aliphatic carbocycles. The molecular formula is C5H6N2O2S3. The SMILES string of the molecule is CS(=S)S(=O)(=O)c1ccncn1. The van der Waals surface area contributed by atoms with Gasteiger partial charge in [-0.1, -0.05) is 0 Å². The van der Waals surface area contributed by atoms with Gasteiger partial charge in [-0.15, -0.1) is 0 Å². The summed E-state index contributed by atoms with van der Waals surface area (Å²) in [6, 6.07) is 1.34. The quantitative estimate of drug-likeness (QED) is 0.515. The molecule has 1 aromatic rings. The molecule has 0 bridgehead atoms. The summed E-state index contributed by atoms with van der Waals surface area (Å²) >= 11 is 4.68. The van der Waals surface area contributed by atoms with Crippen LogP contribution in [-0.2, 0) is 28.5 Å². The molecule has 1 unspecified atom stereocenters. The van der Waals surface area contributed by atoms with Gasteiger partial charge in [0.25, 0.3) is 8.87 Å². The Balaban J connectivity index is 3.26. The monoisotopic (exact) mass is 222 g/mol.